The number of azo groups is 1. The van der Waals surface area contributed by atoms with Crippen LogP contribution in [0.2, 0.25) is 10.0 Å². The largest absolute Gasteiger partial charge is 1.00 e. The number of anilines is 1. The molecule has 1 amide bonds. The van der Waals surface area contributed by atoms with E-state index in [0.29, 0.717) is 39.4 Å². The number of rotatable bonds is 7. The van der Waals surface area contributed by atoms with Crippen LogP contribution < -0.4 is 44.7 Å². The average molecular weight is 596 g/mol. The molecule has 39 heavy (non-hydrogen) atoms. The SMILES string of the molecule is CCOc1cc(Cl)cc(NC(=O)c2cc3ccccc3c(N=Nc3cc(C)c(Cl)cc3S(=O)(=O)O)c2[O-])c1.[Na+]. The molecule has 0 aliphatic heterocycles. The van der Waals surface area contributed by atoms with Gasteiger partial charge in [-0.15, -0.1) is 5.11 Å². The molecule has 4 aromatic carbocycles. The van der Waals surface area contributed by atoms with Crippen LogP contribution >= 0.6 is 23.2 Å². The normalized spacial score (nSPS) is 11.4. The number of carbonyl (C=O) groups is 1. The van der Waals surface area contributed by atoms with Crippen molar-refractivity contribution in [1.29, 1.82) is 0 Å². The fraction of sp³-hybridized carbons (Fsp3) is 0.115. The number of hydrogen-bond donors (Lipinski definition) is 2. The van der Waals surface area contributed by atoms with Crippen LogP contribution in [0.25, 0.3) is 10.8 Å². The summed E-state index contributed by atoms with van der Waals surface area (Å²) in [7, 11) is -4.70. The minimum atomic E-state index is -4.70. The number of ether oxygens (including phenoxy) is 1. The van der Waals surface area contributed by atoms with Crippen LogP contribution in [0.4, 0.5) is 17.1 Å². The third kappa shape index (κ3) is 7.09. The maximum atomic E-state index is 13.4. The summed E-state index contributed by atoms with van der Waals surface area (Å²) < 4.78 is 38.8. The number of benzene rings is 4. The van der Waals surface area contributed by atoms with Crippen LogP contribution in [-0.2, 0) is 10.1 Å². The number of halogens is 2. The number of carbonyl (C=O) groups excluding carboxylic acids is 1. The molecule has 0 saturated carbocycles. The van der Waals surface area contributed by atoms with E-state index in [0.717, 1.165) is 6.07 Å². The molecule has 0 fully saturated rings. The Labute approximate surface area is 256 Å². The van der Waals surface area contributed by atoms with Crippen molar-refractivity contribution >= 4 is 67.1 Å². The molecular formula is C26H20Cl2N3NaO6S. The molecule has 0 unspecified atom stereocenters. The molecule has 2 N–H and O–H groups in total. The van der Waals surface area contributed by atoms with Crippen molar-refractivity contribution < 1.29 is 57.2 Å². The molecule has 0 atom stereocenters. The van der Waals surface area contributed by atoms with Gasteiger partial charge in [0, 0.05) is 32.7 Å². The van der Waals surface area contributed by atoms with E-state index in [2.05, 4.69) is 15.5 Å². The fourth-order valence-electron chi connectivity index (χ4n) is 3.70. The molecule has 0 radical (unpaired) electrons. The minimum absolute atomic E-state index is 0. The molecule has 4 aromatic rings. The van der Waals surface area contributed by atoms with Crippen molar-refractivity contribution in [1.82, 2.24) is 0 Å². The smallest absolute Gasteiger partial charge is 0.870 e. The van der Waals surface area contributed by atoms with Crippen LogP contribution in [0.5, 0.6) is 11.5 Å². The van der Waals surface area contributed by atoms with Crippen molar-refractivity contribution in [2.75, 3.05) is 11.9 Å². The molecule has 0 heterocycles. The summed E-state index contributed by atoms with van der Waals surface area (Å²) in [4.78, 5) is 12.6. The first-order valence-corrected chi connectivity index (χ1v) is 13.3. The van der Waals surface area contributed by atoms with Gasteiger partial charge in [-0.3, -0.25) is 9.35 Å². The van der Waals surface area contributed by atoms with Crippen LogP contribution in [0.15, 0.2) is 75.8 Å². The molecule has 9 nitrogen and oxygen atoms in total. The van der Waals surface area contributed by atoms with E-state index in [1.165, 1.54) is 18.2 Å². The number of nitrogens with zero attached hydrogens (tertiary/aromatic N) is 2. The van der Waals surface area contributed by atoms with Gasteiger partial charge >= 0.3 is 29.6 Å². The van der Waals surface area contributed by atoms with Gasteiger partial charge in [0.1, 0.15) is 16.3 Å². The molecule has 0 spiro atoms. The van der Waals surface area contributed by atoms with Crippen LogP contribution in [0, 0.1) is 6.92 Å². The summed E-state index contributed by atoms with van der Waals surface area (Å²) in [6, 6.07) is 15.2. The summed E-state index contributed by atoms with van der Waals surface area (Å²) in [6.07, 6.45) is 0. The van der Waals surface area contributed by atoms with Gasteiger partial charge in [0.15, 0.2) is 0 Å². The van der Waals surface area contributed by atoms with Crippen molar-refractivity contribution in [3.63, 3.8) is 0 Å². The van der Waals surface area contributed by atoms with Gasteiger partial charge in [-0.25, -0.2) is 0 Å². The standard InChI is InChI=1S/C26H21Cl2N3O6S.Na/c1-3-37-18-11-16(27)10-17(12-18)29-26(33)20-9-15-6-4-5-7-19(15)24(25(20)32)31-30-22-8-14(2)21(28)13-23(22)38(34,35)36;/h4-13,32H,3H2,1-2H3,(H,29,33)(H,34,35,36);/q;+1/p-1. The predicted octanol–water partition coefficient (Wildman–Crippen LogP) is 3.85. The van der Waals surface area contributed by atoms with Gasteiger partial charge in [-0.1, -0.05) is 53.2 Å². The molecule has 0 aliphatic carbocycles. The van der Waals surface area contributed by atoms with E-state index in [4.69, 9.17) is 27.9 Å². The molecule has 196 valence electrons. The molecule has 13 heteroatoms. The Hall–Kier alpha value is -2.70. The van der Waals surface area contributed by atoms with Crippen LogP contribution in [0.3, 0.4) is 0 Å². The second-order valence-electron chi connectivity index (χ2n) is 8.13. The molecule has 0 bridgehead atoms. The fourth-order valence-corrected chi connectivity index (χ4v) is 4.78. The number of amides is 1. The number of fused-ring (bicyclic) bond motifs is 1. The monoisotopic (exact) mass is 595 g/mol. The molecule has 0 aliphatic rings. The predicted molar refractivity (Wildman–Crippen MR) is 144 cm³/mol. The molecule has 0 saturated heterocycles. The minimum Gasteiger partial charge on any atom is -0.870 e. The zero-order valence-electron chi connectivity index (χ0n) is 21.0. The third-order valence-corrected chi connectivity index (χ3v) is 6.94. The zero-order chi connectivity index (χ0) is 27.6. The average Bonchev–Trinajstić information content (AvgIpc) is 2.84. The maximum Gasteiger partial charge on any atom is 1.00 e. The molecular weight excluding hydrogens is 576 g/mol. The van der Waals surface area contributed by atoms with E-state index >= 15 is 0 Å². The van der Waals surface area contributed by atoms with Crippen molar-refractivity contribution in [2.24, 2.45) is 10.2 Å². The first-order chi connectivity index (χ1) is 18.0. The first kappa shape index (κ1) is 30.8. The second-order valence-corrected chi connectivity index (χ2v) is 10.4. The van der Waals surface area contributed by atoms with E-state index in [-0.39, 0.29) is 51.5 Å². The van der Waals surface area contributed by atoms with Crippen LogP contribution in [0.1, 0.15) is 22.8 Å². The van der Waals surface area contributed by atoms with E-state index < -0.39 is 26.7 Å². The Balaban J connectivity index is 0.00000420. The van der Waals surface area contributed by atoms with Gasteiger partial charge in [0.25, 0.3) is 16.0 Å². The Morgan fingerprint density at radius 2 is 1.79 bits per heavy atom. The van der Waals surface area contributed by atoms with Crippen molar-refractivity contribution in [2.45, 2.75) is 18.7 Å². The number of aryl methyl sites for hydroxylation is 1. The van der Waals surface area contributed by atoms with Gasteiger partial charge in [0.2, 0.25) is 0 Å². The number of nitrogens with one attached hydrogen (secondary N) is 1. The maximum absolute atomic E-state index is 13.4. The summed E-state index contributed by atoms with van der Waals surface area (Å²) in [6.45, 7) is 3.81. The summed E-state index contributed by atoms with van der Waals surface area (Å²) >= 11 is 12.1. The Kier molecular flexibility index (Phi) is 10.0. The van der Waals surface area contributed by atoms with E-state index in [9.17, 15) is 22.9 Å². The Morgan fingerprint density at radius 3 is 2.49 bits per heavy atom. The Morgan fingerprint density at radius 1 is 1.08 bits per heavy atom. The first-order valence-electron chi connectivity index (χ1n) is 11.1. The van der Waals surface area contributed by atoms with Crippen LogP contribution in [-0.4, -0.2) is 25.5 Å². The third-order valence-electron chi connectivity index (χ3n) is 5.44. The van der Waals surface area contributed by atoms with Gasteiger partial charge in [0.05, 0.1) is 12.3 Å². The van der Waals surface area contributed by atoms with Crippen molar-refractivity contribution in [3.8, 4) is 11.5 Å². The Bertz CT molecular complexity index is 1710. The van der Waals surface area contributed by atoms with E-state index in [1.807, 2.05) is 0 Å². The van der Waals surface area contributed by atoms with Crippen molar-refractivity contribution in [3.05, 3.63) is 81.8 Å². The van der Waals surface area contributed by atoms with Gasteiger partial charge in [-0.2, -0.15) is 13.5 Å². The number of hydrogen-bond acceptors (Lipinski definition) is 7. The summed E-state index contributed by atoms with van der Waals surface area (Å²) in [5.41, 5.74) is 0.147. The summed E-state index contributed by atoms with van der Waals surface area (Å²) in [5.74, 6) is -1.02. The molecule has 0 aromatic heterocycles. The van der Waals surface area contributed by atoms with Gasteiger partial charge < -0.3 is 15.2 Å². The van der Waals surface area contributed by atoms with E-state index in [1.54, 1.807) is 50.2 Å². The second kappa shape index (κ2) is 12.6. The quantitative estimate of drug-likeness (QED) is 0.189. The topological polar surface area (TPSA) is 140 Å². The molecule has 4 rings (SSSR count). The zero-order valence-corrected chi connectivity index (χ0v) is 25.4. The summed E-state index contributed by atoms with van der Waals surface area (Å²) in [5, 5.41) is 25.4. The van der Waals surface area contributed by atoms with Gasteiger partial charge in [-0.05, 0) is 55.1 Å².